The summed E-state index contributed by atoms with van der Waals surface area (Å²) in [7, 11) is 3.54. The van der Waals surface area contributed by atoms with Gasteiger partial charge in [0.25, 0.3) is 0 Å². The zero-order chi connectivity index (χ0) is 16.7. The second-order valence-corrected chi connectivity index (χ2v) is 6.52. The van der Waals surface area contributed by atoms with E-state index in [9.17, 15) is 4.79 Å². The number of carbonyl (C=O) groups is 1. The minimum absolute atomic E-state index is 0.0410. The van der Waals surface area contributed by atoms with E-state index in [-0.39, 0.29) is 12.5 Å². The van der Waals surface area contributed by atoms with Crippen molar-refractivity contribution in [3.05, 3.63) is 12.2 Å². The van der Waals surface area contributed by atoms with Crippen molar-refractivity contribution < 1.29 is 4.79 Å². The molecular formula is C17H31N5O. The van der Waals surface area contributed by atoms with Gasteiger partial charge in [0.2, 0.25) is 5.91 Å². The number of hydrogen-bond acceptors (Lipinski definition) is 3. The Bertz CT molecular complexity index is 438. The summed E-state index contributed by atoms with van der Waals surface area (Å²) in [5.74, 6) is 0.933. The average molecular weight is 321 g/mol. The van der Waals surface area contributed by atoms with Gasteiger partial charge in [-0.05, 0) is 12.8 Å². The highest BCUT2D eigenvalue weighted by atomic mass is 16.2. The van der Waals surface area contributed by atoms with Crippen molar-refractivity contribution in [2.24, 2.45) is 4.99 Å². The van der Waals surface area contributed by atoms with Crippen LogP contribution in [0.3, 0.4) is 0 Å². The van der Waals surface area contributed by atoms with Gasteiger partial charge in [-0.2, -0.15) is 0 Å². The smallest absolute Gasteiger partial charge is 0.243 e. The number of unbranched alkanes of at least 4 members (excludes halogenated alkanes) is 1. The molecule has 1 amide bonds. The lowest BCUT2D eigenvalue weighted by Crippen LogP contribution is -2.43. The lowest BCUT2D eigenvalue weighted by molar-refractivity contribution is -0.127. The molecule has 0 bridgehead atoms. The van der Waals surface area contributed by atoms with Gasteiger partial charge < -0.3 is 15.1 Å². The Kier molecular flexibility index (Phi) is 6.89. The maximum absolute atomic E-state index is 11.8. The SMILES string of the molecule is CCCCNC(=NCC(=O)N(C)C)N1CCC(N2CC=CC2)C1. The van der Waals surface area contributed by atoms with Crippen LogP contribution in [0, 0.1) is 0 Å². The second-order valence-electron chi connectivity index (χ2n) is 6.52. The molecule has 6 heteroatoms. The molecule has 2 heterocycles. The number of carbonyl (C=O) groups excluding carboxylic acids is 1. The summed E-state index contributed by atoms with van der Waals surface area (Å²) in [5, 5.41) is 3.44. The maximum Gasteiger partial charge on any atom is 0.243 e. The summed E-state index contributed by atoms with van der Waals surface area (Å²) >= 11 is 0. The molecular weight excluding hydrogens is 290 g/mol. The van der Waals surface area contributed by atoms with E-state index in [1.807, 2.05) is 0 Å². The van der Waals surface area contributed by atoms with Gasteiger partial charge in [0, 0.05) is 52.9 Å². The summed E-state index contributed by atoms with van der Waals surface area (Å²) in [6.45, 7) is 7.44. The minimum atomic E-state index is 0.0410. The van der Waals surface area contributed by atoms with Crippen LogP contribution in [0.2, 0.25) is 0 Å². The summed E-state index contributed by atoms with van der Waals surface area (Å²) in [6, 6.07) is 0.590. The van der Waals surface area contributed by atoms with E-state index >= 15 is 0 Å². The minimum Gasteiger partial charge on any atom is -0.356 e. The van der Waals surface area contributed by atoms with E-state index < -0.39 is 0 Å². The highest BCUT2D eigenvalue weighted by Crippen LogP contribution is 2.17. The molecule has 1 N–H and O–H groups in total. The third kappa shape index (κ3) is 5.23. The van der Waals surface area contributed by atoms with E-state index in [0.29, 0.717) is 6.04 Å². The summed E-state index contributed by atoms with van der Waals surface area (Å²) < 4.78 is 0. The van der Waals surface area contributed by atoms with E-state index in [0.717, 1.165) is 57.9 Å². The first-order valence-corrected chi connectivity index (χ1v) is 8.74. The first-order chi connectivity index (χ1) is 11.1. The molecule has 130 valence electrons. The molecule has 0 saturated carbocycles. The van der Waals surface area contributed by atoms with Gasteiger partial charge in [-0.15, -0.1) is 0 Å². The number of likely N-dealkylation sites (N-methyl/N-ethyl adjacent to an activating group) is 1. The normalized spacial score (nSPS) is 22.0. The molecule has 1 unspecified atom stereocenters. The highest BCUT2D eigenvalue weighted by Gasteiger charge is 2.29. The molecule has 2 aliphatic heterocycles. The van der Waals surface area contributed by atoms with Gasteiger partial charge in [0.15, 0.2) is 5.96 Å². The molecule has 0 aliphatic carbocycles. The number of aliphatic imine (C=N–C) groups is 1. The third-order valence-electron chi connectivity index (χ3n) is 4.50. The van der Waals surface area contributed by atoms with Crippen LogP contribution in [0.15, 0.2) is 17.1 Å². The molecule has 0 aromatic heterocycles. The van der Waals surface area contributed by atoms with Crippen LogP contribution in [-0.4, -0.2) is 86.0 Å². The molecule has 23 heavy (non-hydrogen) atoms. The zero-order valence-corrected chi connectivity index (χ0v) is 14.8. The first-order valence-electron chi connectivity index (χ1n) is 8.74. The molecule has 0 aromatic carbocycles. The van der Waals surface area contributed by atoms with Crippen LogP contribution in [-0.2, 0) is 4.79 Å². The van der Waals surface area contributed by atoms with E-state index in [1.165, 1.54) is 0 Å². The fraction of sp³-hybridized carbons (Fsp3) is 0.765. The number of nitrogens with zero attached hydrogens (tertiary/aromatic N) is 4. The lowest BCUT2D eigenvalue weighted by atomic mass is 10.2. The molecule has 0 radical (unpaired) electrons. The molecule has 2 aliphatic rings. The van der Waals surface area contributed by atoms with Gasteiger partial charge in [-0.3, -0.25) is 9.69 Å². The van der Waals surface area contributed by atoms with Gasteiger partial charge in [-0.25, -0.2) is 4.99 Å². The van der Waals surface area contributed by atoms with Crippen molar-refractivity contribution in [3.63, 3.8) is 0 Å². The first kappa shape index (κ1) is 17.8. The Hall–Kier alpha value is -1.56. The maximum atomic E-state index is 11.8. The predicted octanol–water partition coefficient (Wildman–Crippen LogP) is 0.766. The Morgan fingerprint density at radius 2 is 2.09 bits per heavy atom. The van der Waals surface area contributed by atoms with Gasteiger partial charge in [-0.1, -0.05) is 25.5 Å². The lowest BCUT2D eigenvalue weighted by Gasteiger charge is -2.25. The standard InChI is InChI=1S/C17H31N5O/c1-4-5-9-18-17(19-13-16(23)20(2)3)22-12-8-15(14-22)21-10-6-7-11-21/h6-7,15H,4-5,8-14H2,1-3H3,(H,18,19). The predicted molar refractivity (Wildman–Crippen MR) is 94.6 cm³/mol. The Labute approximate surface area is 140 Å². The molecule has 1 fully saturated rings. The van der Waals surface area contributed by atoms with Gasteiger partial charge in [0.1, 0.15) is 6.54 Å². The highest BCUT2D eigenvalue weighted by molar-refractivity contribution is 5.85. The van der Waals surface area contributed by atoms with Crippen LogP contribution in [0.25, 0.3) is 0 Å². The number of likely N-dealkylation sites (tertiary alicyclic amines) is 1. The largest absolute Gasteiger partial charge is 0.356 e. The number of nitrogens with one attached hydrogen (secondary N) is 1. The molecule has 1 saturated heterocycles. The molecule has 0 aromatic rings. The van der Waals surface area contributed by atoms with Crippen molar-refractivity contribution in [1.29, 1.82) is 0 Å². The molecule has 6 nitrogen and oxygen atoms in total. The van der Waals surface area contributed by atoms with Crippen LogP contribution >= 0.6 is 0 Å². The van der Waals surface area contributed by atoms with Gasteiger partial charge in [0.05, 0.1) is 0 Å². The number of guanidine groups is 1. The van der Waals surface area contributed by atoms with Crippen molar-refractivity contribution in [3.8, 4) is 0 Å². The average Bonchev–Trinajstić information content (AvgIpc) is 3.20. The summed E-state index contributed by atoms with van der Waals surface area (Å²) in [4.78, 5) is 22.8. The van der Waals surface area contributed by atoms with Crippen molar-refractivity contribution in [2.75, 3.05) is 53.4 Å². The Morgan fingerprint density at radius 1 is 1.35 bits per heavy atom. The Morgan fingerprint density at radius 3 is 2.74 bits per heavy atom. The molecule has 1 atom stereocenters. The third-order valence-corrected chi connectivity index (χ3v) is 4.50. The van der Waals surface area contributed by atoms with Gasteiger partial charge >= 0.3 is 0 Å². The summed E-state index contributed by atoms with van der Waals surface area (Å²) in [5.41, 5.74) is 0. The van der Waals surface area contributed by atoms with Crippen molar-refractivity contribution in [2.45, 2.75) is 32.2 Å². The number of rotatable bonds is 6. The van der Waals surface area contributed by atoms with Crippen LogP contribution in [0.5, 0.6) is 0 Å². The zero-order valence-electron chi connectivity index (χ0n) is 14.8. The quantitative estimate of drug-likeness (QED) is 0.340. The van der Waals surface area contributed by atoms with Crippen LogP contribution in [0.1, 0.15) is 26.2 Å². The second kappa shape index (κ2) is 8.91. The van der Waals surface area contributed by atoms with E-state index in [4.69, 9.17) is 0 Å². The van der Waals surface area contributed by atoms with Crippen LogP contribution in [0.4, 0.5) is 0 Å². The van der Waals surface area contributed by atoms with E-state index in [2.05, 4.69) is 39.2 Å². The Balaban J connectivity index is 1.93. The van der Waals surface area contributed by atoms with Crippen LogP contribution < -0.4 is 5.32 Å². The molecule has 2 rings (SSSR count). The molecule has 0 spiro atoms. The topological polar surface area (TPSA) is 51.2 Å². The van der Waals surface area contributed by atoms with Crippen molar-refractivity contribution in [1.82, 2.24) is 20.0 Å². The fourth-order valence-corrected chi connectivity index (χ4v) is 2.95. The number of amides is 1. The number of hydrogen-bond donors (Lipinski definition) is 1. The van der Waals surface area contributed by atoms with Crippen molar-refractivity contribution >= 4 is 11.9 Å². The van der Waals surface area contributed by atoms with E-state index in [1.54, 1.807) is 19.0 Å². The fourth-order valence-electron chi connectivity index (χ4n) is 2.95. The monoisotopic (exact) mass is 321 g/mol. The summed E-state index contributed by atoms with van der Waals surface area (Å²) in [6.07, 6.45) is 7.92.